The Morgan fingerprint density at radius 1 is 0.880 bits per heavy atom. The average Bonchev–Trinajstić information content (AvgIpc) is 2.64. The van der Waals surface area contributed by atoms with Crippen LogP contribution in [0.1, 0.15) is 52.8 Å². The summed E-state index contributed by atoms with van der Waals surface area (Å²) in [6.45, 7) is 0. The van der Waals surface area contributed by atoms with Gasteiger partial charge in [-0.25, -0.2) is 0 Å². The summed E-state index contributed by atoms with van der Waals surface area (Å²) in [5.74, 6) is -0.417. The fraction of sp³-hybridized carbons (Fsp3) is 0.300. The van der Waals surface area contributed by atoms with E-state index in [0.717, 1.165) is 25.7 Å². The molecule has 2 aromatic carbocycles. The third kappa shape index (κ3) is 4.60. The molecule has 3 rings (SSSR count). The molecule has 0 unspecified atom stereocenters. The molecule has 0 heterocycles. The Kier molecular flexibility index (Phi) is 5.71. The van der Waals surface area contributed by atoms with Crippen molar-refractivity contribution in [2.45, 2.75) is 38.1 Å². The van der Waals surface area contributed by atoms with Crippen LogP contribution in [0, 0.1) is 0 Å². The van der Waals surface area contributed by atoms with Crippen molar-refractivity contribution in [3.05, 3.63) is 64.7 Å². The highest BCUT2D eigenvalue weighted by Gasteiger charge is 2.17. The lowest BCUT2D eigenvalue weighted by molar-refractivity contribution is 0.0927. The fourth-order valence-corrected chi connectivity index (χ4v) is 3.26. The highest BCUT2D eigenvalue weighted by molar-refractivity contribution is 6.33. The van der Waals surface area contributed by atoms with Crippen molar-refractivity contribution in [1.82, 2.24) is 5.32 Å². The summed E-state index contributed by atoms with van der Waals surface area (Å²) < 4.78 is 0. The van der Waals surface area contributed by atoms with Crippen molar-refractivity contribution in [2.75, 3.05) is 5.32 Å². The molecule has 0 spiro atoms. The molecule has 0 atom stereocenters. The van der Waals surface area contributed by atoms with Crippen LogP contribution in [-0.2, 0) is 0 Å². The summed E-state index contributed by atoms with van der Waals surface area (Å²) in [5, 5.41) is 6.31. The fourth-order valence-electron chi connectivity index (χ4n) is 3.07. The number of carbonyl (C=O) groups excluding carboxylic acids is 2. The van der Waals surface area contributed by atoms with Gasteiger partial charge in [0.25, 0.3) is 11.8 Å². The lowest BCUT2D eigenvalue weighted by atomic mass is 9.95. The molecule has 0 radical (unpaired) electrons. The molecule has 1 aliphatic carbocycles. The Morgan fingerprint density at radius 2 is 1.56 bits per heavy atom. The Labute approximate surface area is 152 Å². The van der Waals surface area contributed by atoms with Gasteiger partial charge in [-0.3, -0.25) is 9.59 Å². The number of para-hydroxylation sites is 1. The first-order valence-electron chi connectivity index (χ1n) is 8.60. The molecule has 1 aliphatic rings. The average molecular weight is 357 g/mol. The van der Waals surface area contributed by atoms with Gasteiger partial charge in [-0.1, -0.05) is 49.1 Å². The lowest BCUT2D eigenvalue weighted by Gasteiger charge is -2.22. The molecular weight excluding hydrogens is 336 g/mol. The molecule has 4 nitrogen and oxygen atoms in total. The molecule has 1 saturated carbocycles. The van der Waals surface area contributed by atoms with Gasteiger partial charge < -0.3 is 10.6 Å². The highest BCUT2D eigenvalue weighted by atomic mass is 35.5. The maximum Gasteiger partial charge on any atom is 0.255 e. The Balaban J connectivity index is 1.69. The molecule has 25 heavy (non-hydrogen) atoms. The van der Waals surface area contributed by atoms with E-state index < -0.39 is 0 Å². The summed E-state index contributed by atoms with van der Waals surface area (Å²) in [6.07, 6.45) is 5.61. The van der Waals surface area contributed by atoms with E-state index in [1.54, 1.807) is 48.5 Å². The Bertz CT molecular complexity index is 770. The first-order valence-corrected chi connectivity index (χ1v) is 8.98. The van der Waals surface area contributed by atoms with Crippen LogP contribution in [0.25, 0.3) is 0 Å². The second-order valence-corrected chi connectivity index (χ2v) is 6.73. The van der Waals surface area contributed by atoms with Crippen molar-refractivity contribution in [3.8, 4) is 0 Å². The van der Waals surface area contributed by atoms with Gasteiger partial charge in [-0.2, -0.15) is 0 Å². The number of halogens is 1. The number of hydrogen-bond donors (Lipinski definition) is 2. The number of carbonyl (C=O) groups is 2. The predicted octanol–water partition coefficient (Wildman–Crippen LogP) is 4.65. The minimum absolute atomic E-state index is 0.126. The number of rotatable bonds is 4. The number of anilines is 1. The van der Waals surface area contributed by atoms with Gasteiger partial charge in [0, 0.05) is 17.2 Å². The number of benzene rings is 2. The van der Waals surface area contributed by atoms with Gasteiger partial charge in [0.1, 0.15) is 0 Å². The molecule has 2 aromatic rings. The molecule has 0 saturated heterocycles. The van der Waals surface area contributed by atoms with Crippen molar-refractivity contribution in [1.29, 1.82) is 0 Å². The molecule has 2 amide bonds. The maximum absolute atomic E-state index is 12.4. The zero-order valence-electron chi connectivity index (χ0n) is 13.9. The zero-order valence-corrected chi connectivity index (χ0v) is 14.7. The Hall–Kier alpha value is -2.33. The highest BCUT2D eigenvalue weighted by Crippen LogP contribution is 2.21. The van der Waals surface area contributed by atoms with E-state index >= 15 is 0 Å². The largest absolute Gasteiger partial charge is 0.349 e. The van der Waals surface area contributed by atoms with Crippen LogP contribution in [0.4, 0.5) is 5.69 Å². The third-order valence-electron chi connectivity index (χ3n) is 4.45. The van der Waals surface area contributed by atoms with Crippen LogP contribution < -0.4 is 10.6 Å². The van der Waals surface area contributed by atoms with E-state index in [2.05, 4.69) is 10.6 Å². The second-order valence-electron chi connectivity index (χ2n) is 6.32. The lowest BCUT2D eigenvalue weighted by Crippen LogP contribution is -2.36. The molecule has 1 fully saturated rings. The Morgan fingerprint density at radius 3 is 2.28 bits per heavy atom. The third-order valence-corrected chi connectivity index (χ3v) is 4.78. The van der Waals surface area contributed by atoms with Crippen LogP contribution in [0.15, 0.2) is 48.5 Å². The smallest absolute Gasteiger partial charge is 0.255 e. The van der Waals surface area contributed by atoms with E-state index in [4.69, 9.17) is 11.6 Å². The number of nitrogens with one attached hydrogen (secondary N) is 2. The van der Waals surface area contributed by atoms with Gasteiger partial charge >= 0.3 is 0 Å². The molecule has 0 aliphatic heterocycles. The van der Waals surface area contributed by atoms with Gasteiger partial charge in [0.15, 0.2) is 0 Å². The van der Waals surface area contributed by atoms with Crippen molar-refractivity contribution in [3.63, 3.8) is 0 Å². The van der Waals surface area contributed by atoms with Crippen molar-refractivity contribution >= 4 is 29.1 Å². The molecule has 0 aromatic heterocycles. The first kappa shape index (κ1) is 17.5. The van der Waals surface area contributed by atoms with E-state index in [1.807, 2.05) is 0 Å². The standard InChI is InChI=1S/C20H21ClN2O2/c21-17-11-4-5-12-18(17)23-20(25)15-8-6-7-14(13-15)19(24)22-16-9-2-1-3-10-16/h4-8,11-13,16H,1-3,9-10H2,(H,22,24)(H,23,25). The first-order chi connectivity index (χ1) is 12.1. The zero-order chi connectivity index (χ0) is 17.6. The summed E-state index contributed by atoms with van der Waals surface area (Å²) in [5.41, 5.74) is 1.47. The van der Waals surface area contributed by atoms with Crippen LogP contribution in [-0.4, -0.2) is 17.9 Å². The molecule has 5 heteroatoms. The van der Waals surface area contributed by atoms with Gasteiger partial charge in [-0.05, 0) is 43.2 Å². The van der Waals surface area contributed by atoms with Gasteiger partial charge in [-0.15, -0.1) is 0 Å². The number of hydrogen-bond acceptors (Lipinski definition) is 2. The van der Waals surface area contributed by atoms with E-state index in [-0.39, 0.29) is 17.9 Å². The summed E-state index contributed by atoms with van der Waals surface area (Å²) in [4.78, 5) is 24.9. The monoisotopic (exact) mass is 356 g/mol. The topological polar surface area (TPSA) is 58.2 Å². The van der Waals surface area contributed by atoms with Crippen LogP contribution in [0.5, 0.6) is 0 Å². The van der Waals surface area contributed by atoms with Crippen LogP contribution in [0.2, 0.25) is 5.02 Å². The van der Waals surface area contributed by atoms with Gasteiger partial charge in [0.2, 0.25) is 0 Å². The van der Waals surface area contributed by atoms with Crippen molar-refractivity contribution < 1.29 is 9.59 Å². The summed E-state index contributed by atoms with van der Waals surface area (Å²) in [6, 6.07) is 14.0. The molecular formula is C20H21ClN2O2. The van der Waals surface area contributed by atoms with Crippen molar-refractivity contribution in [2.24, 2.45) is 0 Å². The summed E-state index contributed by atoms with van der Waals surface area (Å²) >= 11 is 6.07. The minimum Gasteiger partial charge on any atom is -0.349 e. The minimum atomic E-state index is -0.291. The molecule has 2 N–H and O–H groups in total. The normalized spacial score (nSPS) is 14.8. The van der Waals surface area contributed by atoms with Gasteiger partial charge in [0.05, 0.1) is 10.7 Å². The predicted molar refractivity (Wildman–Crippen MR) is 100 cm³/mol. The SMILES string of the molecule is O=C(Nc1ccccc1Cl)c1cccc(C(=O)NC2CCCCC2)c1. The maximum atomic E-state index is 12.4. The van der Waals surface area contributed by atoms with Crippen LogP contribution in [0.3, 0.4) is 0 Å². The summed E-state index contributed by atoms with van der Waals surface area (Å²) in [7, 11) is 0. The molecule has 0 bridgehead atoms. The second kappa shape index (κ2) is 8.17. The van der Waals surface area contributed by atoms with E-state index in [0.29, 0.717) is 21.8 Å². The quantitative estimate of drug-likeness (QED) is 0.837. The van der Waals surface area contributed by atoms with E-state index in [1.165, 1.54) is 6.42 Å². The number of amides is 2. The van der Waals surface area contributed by atoms with Crippen LogP contribution >= 0.6 is 11.6 Å². The molecule has 130 valence electrons. The van der Waals surface area contributed by atoms with E-state index in [9.17, 15) is 9.59 Å².